The summed E-state index contributed by atoms with van der Waals surface area (Å²) < 4.78 is 43.9. The summed E-state index contributed by atoms with van der Waals surface area (Å²) in [4.78, 5) is 19.9. The third-order valence-electron chi connectivity index (χ3n) is 8.17. The van der Waals surface area contributed by atoms with E-state index in [2.05, 4.69) is 16.4 Å². The molecule has 0 saturated carbocycles. The molecular weight excluding hydrogens is 609 g/mol. The largest absolute Gasteiger partial charge is 0.416 e. The normalized spacial score (nSPS) is 13.3. The van der Waals surface area contributed by atoms with Crippen molar-refractivity contribution in [1.29, 1.82) is 5.26 Å². The van der Waals surface area contributed by atoms with Gasteiger partial charge in [0.05, 0.1) is 35.6 Å². The van der Waals surface area contributed by atoms with Gasteiger partial charge in [0.25, 0.3) is 0 Å². The number of nitrogens with zero attached hydrogens (tertiary/aromatic N) is 4. The lowest BCUT2D eigenvalue weighted by Gasteiger charge is -2.38. The maximum Gasteiger partial charge on any atom is 0.416 e. The number of nitriles is 1. The molecule has 0 aliphatic carbocycles. The summed E-state index contributed by atoms with van der Waals surface area (Å²) in [5.74, 6) is -1.14. The van der Waals surface area contributed by atoms with Crippen LogP contribution in [0.5, 0.6) is 0 Å². The van der Waals surface area contributed by atoms with Crippen LogP contribution in [0.4, 0.5) is 18.9 Å². The first-order chi connectivity index (χ1) is 21.9. The van der Waals surface area contributed by atoms with Crippen LogP contribution >= 0.6 is 12.2 Å². The van der Waals surface area contributed by atoms with Crippen molar-refractivity contribution >= 4 is 28.8 Å². The van der Waals surface area contributed by atoms with Crippen molar-refractivity contribution in [2.45, 2.75) is 59.0 Å². The number of alkyl halides is 3. The zero-order chi connectivity index (χ0) is 33.4. The van der Waals surface area contributed by atoms with Gasteiger partial charge in [-0.15, -0.1) is 0 Å². The number of nitrogens with one attached hydrogen (secondary N) is 1. The van der Waals surface area contributed by atoms with Crippen LogP contribution in [-0.4, -0.2) is 31.5 Å². The molecule has 4 rings (SSSR count). The number of aromatic nitrogens is 2. The zero-order valence-electron chi connectivity index (χ0n) is 26.0. The van der Waals surface area contributed by atoms with Gasteiger partial charge in [-0.1, -0.05) is 68.3 Å². The second kappa shape index (κ2) is 15.2. The van der Waals surface area contributed by atoms with E-state index in [0.717, 1.165) is 17.2 Å². The Hall–Kier alpha value is -4.53. The highest BCUT2D eigenvalue weighted by Gasteiger charge is 2.38. The summed E-state index contributed by atoms with van der Waals surface area (Å²) >= 11 is 5.77. The van der Waals surface area contributed by atoms with E-state index >= 15 is 0 Å². The fourth-order valence-electron chi connectivity index (χ4n) is 5.37. The van der Waals surface area contributed by atoms with E-state index < -0.39 is 23.8 Å². The Balaban J connectivity index is 1.65. The fraction of sp³-hybridized carbons (Fsp3) is 0.314. The molecule has 1 heterocycles. The van der Waals surface area contributed by atoms with E-state index in [1.165, 1.54) is 23.1 Å². The molecule has 11 heteroatoms. The highest BCUT2D eigenvalue weighted by atomic mass is 32.1. The number of thiocarbonyl (C=S) groups is 1. The molecule has 0 amide bonds. The molecule has 0 saturated heterocycles. The maximum absolute atomic E-state index is 14.1. The summed E-state index contributed by atoms with van der Waals surface area (Å²) in [5.41, 5.74) is 9.93. The lowest BCUT2D eigenvalue weighted by Crippen LogP contribution is -2.55. The van der Waals surface area contributed by atoms with Crippen molar-refractivity contribution in [3.63, 3.8) is 0 Å². The molecule has 1 unspecified atom stereocenters. The van der Waals surface area contributed by atoms with Crippen molar-refractivity contribution in [2.75, 3.05) is 5.32 Å². The first kappa shape index (κ1) is 34.3. The van der Waals surface area contributed by atoms with Gasteiger partial charge in [0.2, 0.25) is 0 Å². The number of nitrogens with two attached hydrogens (primary N) is 1. The Morgan fingerprint density at radius 1 is 1.11 bits per heavy atom. The number of ketones is 1. The minimum absolute atomic E-state index is 0.00523. The Labute approximate surface area is 272 Å². The zero-order valence-corrected chi connectivity index (χ0v) is 26.8. The van der Waals surface area contributed by atoms with Crippen molar-refractivity contribution in [1.82, 2.24) is 14.5 Å². The SMILES string of the molecule is CC[C@H](C)[C@H](C(=O)Cc1cncn1Cc1ccc(C#N)cc1)C(N)N(Cc1ccccc1C(F)(F)F)C(=S)Nc1ccc(C)cc1. The Kier molecular flexibility index (Phi) is 11.3. The van der Waals surface area contributed by atoms with E-state index in [9.17, 15) is 18.0 Å². The number of anilines is 1. The van der Waals surface area contributed by atoms with E-state index in [1.807, 2.05) is 61.7 Å². The van der Waals surface area contributed by atoms with Crippen molar-refractivity contribution < 1.29 is 18.0 Å². The van der Waals surface area contributed by atoms with Crippen LogP contribution in [0.1, 0.15) is 53.8 Å². The molecule has 240 valence electrons. The summed E-state index contributed by atoms with van der Waals surface area (Å²) in [5, 5.41) is 12.3. The van der Waals surface area contributed by atoms with Crippen LogP contribution in [0, 0.1) is 30.1 Å². The molecular formula is C35H37F3N6OS. The molecule has 3 N–H and O–H groups in total. The molecule has 0 radical (unpaired) electrons. The number of carbonyl (C=O) groups is 1. The number of halogens is 3. The minimum atomic E-state index is -4.59. The van der Waals surface area contributed by atoms with Crippen LogP contribution in [0.2, 0.25) is 0 Å². The van der Waals surface area contributed by atoms with Crippen LogP contribution in [0.3, 0.4) is 0 Å². The summed E-state index contributed by atoms with van der Waals surface area (Å²) in [6.07, 6.45) is -1.73. The monoisotopic (exact) mass is 646 g/mol. The number of aryl methyl sites for hydroxylation is 1. The Morgan fingerprint density at radius 3 is 2.41 bits per heavy atom. The molecule has 0 aliphatic rings. The molecule has 7 nitrogen and oxygen atoms in total. The number of Topliss-reactive ketones (excluding diaryl/α,β-unsaturated/α-hetero) is 1. The smallest absolute Gasteiger partial charge is 0.333 e. The second-order valence-electron chi connectivity index (χ2n) is 11.4. The third-order valence-corrected chi connectivity index (χ3v) is 8.51. The van der Waals surface area contributed by atoms with Crippen LogP contribution in [0.15, 0.2) is 85.3 Å². The third kappa shape index (κ3) is 8.59. The predicted molar refractivity (Wildman–Crippen MR) is 177 cm³/mol. The average Bonchev–Trinajstić information content (AvgIpc) is 3.46. The van der Waals surface area contributed by atoms with E-state index in [-0.39, 0.29) is 35.3 Å². The first-order valence-corrected chi connectivity index (χ1v) is 15.4. The standard InChI is InChI=1S/C35H37F3N6OS/c1-4-24(3)32(31(45)17-29-19-41-22-43(29)20-26-13-11-25(18-39)12-14-26)33(40)44(34(46)42-28-15-9-23(2)10-16-28)21-27-7-5-6-8-30(27)35(36,37)38/h5-16,19,22,24,32-33H,4,17,20-21,40H2,1-3H3,(H,42,46)/t24-,32+,33?/m0/s1. The maximum atomic E-state index is 14.1. The highest BCUT2D eigenvalue weighted by molar-refractivity contribution is 7.80. The Morgan fingerprint density at radius 2 is 1.78 bits per heavy atom. The number of hydrogen-bond donors (Lipinski definition) is 2. The second-order valence-corrected chi connectivity index (χ2v) is 11.8. The molecule has 3 aromatic carbocycles. The van der Waals surface area contributed by atoms with Crippen LogP contribution in [-0.2, 0) is 30.5 Å². The van der Waals surface area contributed by atoms with E-state index in [4.69, 9.17) is 23.2 Å². The molecule has 3 atom stereocenters. The summed E-state index contributed by atoms with van der Waals surface area (Å²) in [7, 11) is 0. The number of rotatable bonds is 12. The molecule has 0 spiro atoms. The molecule has 0 bridgehead atoms. The van der Waals surface area contributed by atoms with Crippen molar-refractivity contribution in [3.8, 4) is 6.07 Å². The lowest BCUT2D eigenvalue weighted by molar-refractivity contribution is -0.138. The molecule has 4 aromatic rings. The van der Waals surface area contributed by atoms with E-state index in [1.54, 1.807) is 24.7 Å². The number of benzene rings is 3. The van der Waals surface area contributed by atoms with Gasteiger partial charge >= 0.3 is 6.18 Å². The van der Waals surface area contributed by atoms with Crippen molar-refractivity contribution in [2.24, 2.45) is 17.6 Å². The lowest BCUT2D eigenvalue weighted by atomic mass is 9.83. The van der Waals surface area contributed by atoms with Gasteiger partial charge in [-0.2, -0.15) is 18.4 Å². The quantitative estimate of drug-likeness (QED) is 0.125. The number of carbonyl (C=O) groups excluding carboxylic acids is 1. The number of imidazole rings is 1. The predicted octanol–water partition coefficient (Wildman–Crippen LogP) is 7.09. The summed E-state index contributed by atoms with van der Waals surface area (Å²) in [6, 6.07) is 22.0. The number of hydrogen-bond acceptors (Lipinski definition) is 5. The molecule has 0 aliphatic heterocycles. The van der Waals surface area contributed by atoms with Gasteiger partial charge in [0.15, 0.2) is 5.11 Å². The van der Waals surface area contributed by atoms with Gasteiger partial charge in [-0.05, 0) is 66.5 Å². The van der Waals surface area contributed by atoms with Gasteiger partial charge in [0, 0.05) is 37.1 Å². The van der Waals surface area contributed by atoms with Gasteiger partial charge in [0.1, 0.15) is 5.78 Å². The van der Waals surface area contributed by atoms with Gasteiger partial charge in [-0.3, -0.25) is 4.79 Å². The van der Waals surface area contributed by atoms with Gasteiger partial charge < -0.3 is 20.5 Å². The minimum Gasteiger partial charge on any atom is -0.333 e. The Bertz CT molecular complexity index is 1680. The molecule has 46 heavy (non-hydrogen) atoms. The highest BCUT2D eigenvalue weighted by Crippen LogP contribution is 2.33. The topological polar surface area (TPSA) is 100.0 Å². The van der Waals surface area contributed by atoms with Crippen LogP contribution < -0.4 is 11.1 Å². The fourth-order valence-corrected chi connectivity index (χ4v) is 5.67. The summed E-state index contributed by atoms with van der Waals surface area (Å²) in [6.45, 7) is 5.98. The molecule has 0 fully saturated rings. The average molecular weight is 647 g/mol. The first-order valence-electron chi connectivity index (χ1n) is 15.0. The van der Waals surface area contributed by atoms with Crippen LogP contribution in [0.25, 0.3) is 0 Å². The van der Waals surface area contributed by atoms with Crippen molar-refractivity contribution in [3.05, 3.63) is 119 Å². The molecule has 1 aromatic heterocycles. The van der Waals surface area contributed by atoms with Gasteiger partial charge in [-0.25, -0.2) is 4.98 Å². The van der Waals surface area contributed by atoms with E-state index in [0.29, 0.717) is 29.9 Å².